The standard InChI is InChI=1S/C16H18N4O/c1-11(2)17-9-7-15-19-16(20-21-15)13-5-6-14-12(10-13)4-3-8-18-14/h3-6,8,10-11,17H,7,9H2,1-2H3. The monoisotopic (exact) mass is 282 g/mol. The zero-order valence-corrected chi connectivity index (χ0v) is 12.2. The number of pyridine rings is 1. The molecule has 1 N–H and O–H groups in total. The molecule has 0 saturated heterocycles. The fourth-order valence-electron chi connectivity index (χ4n) is 2.16. The van der Waals surface area contributed by atoms with Crippen molar-refractivity contribution in [3.8, 4) is 11.4 Å². The molecule has 0 spiro atoms. The van der Waals surface area contributed by atoms with Gasteiger partial charge in [0.2, 0.25) is 11.7 Å². The predicted octanol–water partition coefficient (Wildman–Crippen LogP) is 2.83. The Morgan fingerprint density at radius 3 is 3.00 bits per heavy atom. The summed E-state index contributed by atoms with van der Waals surface area (Å²) in [6.07, 6.45) is 2.52. The van der Waals surface area contributed by atoms with Crippen LogP contribution in [-0.2, 0) is 6.42 Å². The minimum atomic E-state index is 0.459. The predicted molar refractivity (Wildman–Crippen MR) is 81.9 cm³/mol. The number of benzene rings is 1. The van der Waals surface area contributed by atoms with Gasteiger partial charge in [0, 0.05) is 36.2 Å². The van der Waals surface area contributed by atoms with Crippen molar-refractivity contribution in [3.63, 3.8) is 0 Å². The van der Waals surface area contributed by atoms with Crippen LogP contribution >= 0.6 is 0 Å². The Kier molecular flexibility index (Phi) is 3.92. The van der Waals surface area contributed by atoms with Gasteiger partial charge in [0.05, 0.1) is 5.52 Å². The van der Waals surface area contributed by atoms with Crippen molar-refractivity contribution < 1.29 is 4.52 Å². The second kappa shape index (κ2) is 6.01. The molecule has 1 aromatic carbocycles. The lowest BCUT2D eigenvalue weighted by Gasteiger charge is -2.04. The highest BCUT2D eigenvalue weighted by Gasteiger charge is 2.09. The van der Waals surface area contributed by atoms with Crippen LogP contribution in [0.1, 0.15) is 19.7 Å². The summed E-state index contributed by atoms with van der Waals surface area (Å²) < 4.78 is 5.30. The molecule has 0 saturated carbocycles. The maximum Gasteiger partial charge on any atom is 0.228 e. The van der Waals surface area contributed by atoms with E-state index in [2.05, 4.69) is 34.3 Å². The second-order valence-corrected chi connectivity index (χ2v) is 5.28. The van der Waals surface area contributed by atoms with Crippen molar-refractivity contribution in [2.75, 3.05) is 6.54 Å². The molecular weight excluding hydrogens is 264 g/mol. The molecule has 2 heterocycles. The molecule has 0 aliphatic rings. The molecule has 0 amide bonds. The first-order chi connectivity index (χ1) is 10.2. The molecule has 0 atom stereocenters. The molecule has 0 unspecified atom stereocenters. The first kappa shape index (κ1) is 13.7. The summed E-state index contributed by atoms with van der Waals surface area (Å²) in [6.45, 7) is 5.06. The molecule has 0 aliphatic carbocycles. The molecule has 0 radical (unpaired) electrons. The summed E-state index contributed by atoms with van der Waals surface area (Å²) >= 11 is 0. The maximum absolute atomic E-state index is 5.30. The van der Waals surface area contributed by atoms with Crippen LogP contribution in [0.3, 0.4) is 0 Å². The van der Waals surface area contributed by atoms with Crippen molar-refractivity contribution >= 4 is 10.9 Å². The van der Waals surface area contributed by atoms with Crippen molar-refractivity contribution in [1.82, 2.24) is 20.4 Å². The van der Waals surface area contributed by atoms with E-state index < -0.39 is 0 Å². The van der Waals surface area contributed by atoms with Gasteiger partial charge in [-0.25, -0.2) is 0 Å². The van der Waals surface area contributed by atoms with E-state index >= 15 is 0 Å². The molecule has 2 aromatic heterocycles. The van der Waals surface area contributed by atoms with Gasteiger partial charge >= 0.3 is 0 Å². The van der Waals surface area contributed by atoms with Crippen LogP contribution < -0.4 is 5.32 Å². The second-order valence-electron chi connectivity index (χ2n) is 5.28. The summed E-state index contributed by atoms with van der Waals surface area (Å²) in [5, 5.41) is 8.46. The van der Waals surface area contributed by atoms with Crippen molar-refractivity contribution in [3.05, 3.63) is 42.4 Å². The Labute approximate surface area is 123 Å². The lowest BCUT2D eigenvalue weighted by Crippen LogP contribution is -2.25. The largest absolute Gasteiger partial charge is 0.339 e. The minimum absolute atomic E-state index is 0.459. The van der Waals surface area contributed by atoms with Crippen LogP contribution in [0.15, 0.2) is 41.1 Å². The minimum Gasteiger partial charge on any atom is -0.339 e. The van der Waals surface area contributed by atoms with E-state index in [1.165, 1.54) is 0 Å². The highest BCUT2D eigenvalue weighted by molar-refractivity contribution is 5.82. The van der Waals surface area contributed by atoms with Gasteiger partial charge in [-0.05, 0) is 24.3 Å². The van der Waals surface area contributed by atoms with Gasteiger partial charge in [0.1, 0.15) is 0 Å². The van der Waals surface area contributed by atoms with Crippen LogP contribution in [0.25, 0.3) is 22.3 Å². The van der Waals surface area contributed by atoms with E-state index in [1.54, 1.807) is 6.20 Å². The Morgan fingerprint density at radius 1 is 1.24 bits per heavy atom. The zero-order valence-electron chi connectivity index (χ0n) is 12.2. The van der Waals surface area contributed by atoms with Crippen LogP contribution in [0.5, 0.6) is 0 Å². The summed E-state index contributed by atoms with van der Waals surface area (Å²) in [5.41, 5.74) is 1.91. The Bertz CT molecular complexity index is 736. The lowest BCUT2D eigenvalue weighted by molar-refractivity contribution is 0.374. The normalized spacial score (nSPS) is 11.4. The topological polar surface area (TPSA) is 63.8 Å². The van der Waals surface area contributed by atoms with Crippen LogP contribution in [0.2, 0.25) is 0 Å². The van der Waals surface area contributed by atoms with Gasteiger partial charge in [0.25, 0.3) is 0 Å². The van der Waals surface area contributed by atoms with Crippen LogP contribution in [-0.4, -0.2) is 27.7 Å². The van der Waals surface area contributed by atoms with Crippen LogP contribution in [0, 0.1) is 0 Å². The van der Waals surface area contributed by atoms with Gasteiger partial charge in [-0.15, -0.1) is 0 Å². The van der Waals surface area contributed by atoms with Crippen molar-refractivity contribution in [2.24, 2.45) is 0 Å². The molecular formula is C16H18N4O. The van der Waals surface area contributed by atoms with Crippen molar-refractivity contribution in [1.29, 1.82) is 0 Å². The van der Waals surface area contributed by atoms with Gasteiger partial charge < -0.3 is 9.84 Å². The molecule has 21 heavy (non-hydrogen) atoms. The third-order valence-electron chi connectivity index (χ3n) is 3.22. The van der Waals surface area contributed by atoms with Gasteiger partial charge in [-0.3, -0.25) is 4.98 Å². The Balaban J connectivity index is 1.77. The molecule has 3 rings (SSSR count). The third kappa shape index (κ3) is 3.25. The average Bonchev–Trinajstić information content (AvgIpc) is 2.95. The number of nitrogens with one attached hydrogen (secondary N) is 1. The van der Waals surface area contributed by atoms with E-state index in [0.29, 0.717) is 17.8 Å². The van der Waals surface area contributed by atoms with E-state index in [0.717, 1.165) is 29.4 Å². The highest BCUT2D eigenvalue weighted by Crippen LogP contribution is 2.21. The molecule has 0 aliphatic heterocycles. The smallest absolute Gasteiger partial charge is 0.228 e. The summed E-state index contributed by atoms with van der Waals surface area (Å²) in [6, 6.07) is 10.4. The number of nitrogens with zero attached hydrogens (tertiary/aromatic N) is 3. The molecule has 108 valence electrons. The summed E-state index contributed by atoms with van der Waals surface area (Å²) in [4.78, 5) is 8.75. The molecule has 0 fully saturated rings. The van der Waals surface area contributed by atoms with Crippen LogP contribution in [0.4, 0.5) is 0 Å². The number of fused-ring (bicyclic) bond motifs is 1. The third-order valence-corrected chi connectivity index (χ3v) is 3.22. The van der Waals surface area contributed by atoms with E-state index in [9.17, 15) is 0 Å². The summed E-state index contributed by atoms with van der Waals surface area (Å²) in [5.74, 6) is 1.28. The zero-order chi connectivity index (χ0) is 14.7. The highest BCUT2D eigenvalue weighted by atomic mass is 16.5. The van der Waals surface area contributed by atoms with Gasteiger partial charge in [0.15, 0.2) is 0 Å². The number of rotatable bonds is 5. The molecule has 0 bridgehead atoms. The molecule has 5 nitrogen and oxygen atoms in total. The fraction of sp³-hybridized carbons (Fsp3) is 0.312. The summed E-state index contributed by atoms with van der Waals surface area (Å²) in [7, 11) is 0. The number of aromatic nitrogens is 3. The molecule has 5 heteroatoms. The number of hydrogen-bond acceptors (Lipinski definition) is 5. The van der Waals surface area contributed by atoms with Gasteiger partial charge in [-0.1, -0.05) is 25.1 Å². The first-order valence-corrected chi connectivity index (χ1v) is 7.13. The Hall–Kier alpha value is -2.27. The lowest BCUT2D eigenvalue weighted by atomic mass is 10.1. The molecule has 3 aromatic rings. The van der Waals surface area contributed by atoms with Crippen molar-refractivity contribution in [2.45, 2.75) is 26.3 Å². The van der Waals surface area contributed by atoms with E-state index in [1.807, 2.05) is 30.3 Å². The first-order valence-electron chi connectivity index (χ1n) is 7.13. The fourth-order valence-corrected chi connectivity index (χ4v) is 2.16. The SMILES string of the molecule is CC(C)NCCc1nc(-c2ccc3ncccc3c2)no1. The quantitative estimate of drug-likeness (QED) is 0.779. The van der Waals surface area contributed by atoms with Gasteiger partial charge in [-0.2, -0.15) is 4.98 Å². The maximum atomic E-state index is 5.30. The van der Waals surface area contributed by atoms with E-state index in [-0.39, 0.29) is 0 Å². The van der Waals surface area contributed by atoms with E-state index in [4.69, 9.17) is 4.52 Å². The number of hydrogen-bond donors (Lipinski definition) is 1. The average molecular weight is 282 g/mol. The Morgan fingerprint density at radius 2 is 2.14 bits per heavy atom.